The molecule has 0 spiro atoms. The molecular weight excluding hydrogens is 230 g/mol. The molecule has 2 aromatic rings. The van der Waals surface area contributed by atoms with Crippen LogP contribution in [0.3, 0.4) is 0 Å². The van der Waals surface area contributed by atoms with E-state index in [2.05, 4.69) is 11.0 Å². The SMILES string of the molecule is CB(C#N)C(C)C(=O)c1c[nH]c2ccc(F)cc12. The van der Waals surface area contributed by atoms with Gasteiger partial charge in [0.15, 0.2) is 5.78 Å². The Morgan fingerprint density at radius 2 is 2.28 bits per heavy atom. The summed E-state index contributed by atoms with van der Waals surface area (Å²) >= 11 is 0. The highest BCUT2D eigenvalue weighted by molar-refractivity contribution is 6.71. The fraction of sp³-hybridized carbons (Fsp3) is 0.231. The number of halogens is 1. The number of aromatic nitrogens is 1. The van der Waals surface area contributed by atoms with Crippen molar-refractivity contribution in [2.45, 2.75) is 19.6 Å². The van der Waals surface area contributed by atoms with Crippen molar-refractivity contribution in [2.75, 3.05) is 0 Å². The van der Waals surface area contributed by atoms with E-state index in [1.807, 2.05) is 0 Å². The zero-order chi connectivity index (χ0) is 13.3. The van der Waals surface area contributed by atoms with Gasteiger partial charge in [0.2, 0.25) is 0 Å². The monoisotopic (exact) mass is 242 g/mol. The first-order valence-electron chi connectivity index (χ1n) is 5.75. The summed E-state index contributed by atoms with van der Waals surface area (Å²) in [5.74, 6) is 1.14. The second-order valence-corrected chi connectivity index (χ2v) is 4.46. The van der Waals surface area contributed by atoms with Crippen molar-refractivity contribution in [2.24, 2.45) is 0 Å². The molecule has 0 aliphatic carbocycles. The van der Waals surface area contributed by atoms with Gasteiger partial charge in [-0.1, -0.05) is 13.7 Å². The fourth-order valence-corrected chi connectivity index (χ4v) is 1.88. The van der Waals surface area contributed by atoms with Crippen LogP contribution in [-0.4, -0.2) is 17.5 Å². The van der Waals surface area contributed by atoms with E-state index in [0.29, 0.717) is 10.9 Å². The Bertz CT molecular complexity index is 644. The van der Waals surface area contributed by atoms with Crippen molar-refractivity contribution in [1.29, 1.82) is 5.26 Å². The van der Waals surface area contributed by atoms with Gasteiger partial charge in [-0.25, -0.2) is 9.65 Å². The number of Topliss-reactive ketones (excluding diaryl/α,β-unsaturated/α-hetero) is 1. The van der Waals surface area contributed by atoms with Crippen LogP contribution >= 0.6 is 0 Å². The lowest BCUT2D eigenvalue weighted by molar-refractivity contribution is 0.0989. The number of carbonyl (C=O) groups excluding carboxylic acids is 1. The Labute approximate surface area is 105 Å². The zero-order valence-electron chi connectivity index (χ0n) is 10.2. The maximum absolute atomic E-state index is 13.2. The average molecular weight is 242 g/mol. The first-order chi connectivity index (χ1) is 8.54. The number of aromatic amines is 1. The molecule has 0 amide bonds. The van der Waals surface area contributed by atoms with Crippen LogP contribution in [0, 0.1) is 17.0 Å². The number of nitriles is 1. The number of rotatable bonds is 3. The molecule has 1 unspecified atom stereocenters. The maximum atomic E-state index is 13.2. The van der Waals surface area contributed by atoms with Gasteiger partial charge in [0.1, 0.15) is 5.82 Å². The third kappa shape index (κ3) is 2.02. The molecule has 5 heteroatoms. The van der Waals surface area contributed by atoms with Crippen LogP contribution in [0.1, 0.15) is 17.3 Å². The second-order valence-electron chi connectivity index (χ2n) is 4.46. The van der Waals surface area contributed by atoms with Crippen molar-refractivity contribution in [1.82, 2.24) is 4.98 Å². The summed E-state index contributed by atoms with van der Waals surface area (Å²) in [6.45, 7) is 3.06. The molecule has 0 fully saturated rings. The smallest absolute Gasteiger partial charge is 0.275 e. The largest absolute Gasteiger partial charge is 0.360 e. The van der Waals surface area contributed by atoms with E-state index >= 15 is 0 Å². The number of nitrogens with zero attached hydrogens (tertiary/aromatic N) is 1. The molecule has 1 heterocycles. The molecule has 0 saturated carbocycles. The average Bonchev–Trinajstić information content (AvgIpc) is 2.78. The third-order valence-electron chi connectivity index (χ3n) is 3.28. The van der Waals surface area contributed by atoms with Gasteiger partial charge in [0.05, 0.1) is 0 Å². The number of hydrogen-bond acceptors (Lipinski definition) is 2. The van der Waals surface area contributed by atoms with Gasteiger partial charge in [0, 0.05) is 34.4 Å². The summed E-state index contributed by atoms with van der Waals surface area (Å²) in [4.78, 5) is 15.2. The van der Waals surface area contributed by atoms with Crippen molar-refractivity contribution in [3.63, 3.8) is 0 Å². The number of hydrogen-bond donors (Lipinski definition) is 1. The molecule has 1 aromatic heterocycles. The molecular formula is C13H12BFN2O. The van der Waals surface area contributed by atoms with Crippen LogP contribution in [0.15, 0.2) is 24.4 Å². The summed E-state index contributed by atoms with van der Waals surface area (Å²) in [6.07, 6.45) is 1.58. The van der Waals surface area contributed by atoms with Crippen molar-refractivity contribution < 1.29 is 9.18 Å². The van der Waals surface area contributed by atoms with Crippen LogP contribution in [-0.2, 0) is 0 Å². The minimum absolute atomic E-state index is 0.138. The first-order valence-corrected chi connectivity index (χ1v) is 5.75. The highest BCUT2D eigenvalue weighted by atomic mass is 19.1. The molecule has 3 nitrogen and oxygen atoms in total. The van der Waals surface area contributed by atoms with Crippen LogP contribution in [0.25, 0.3) is 10.9 Å². The van der Waals surface area contributed by atoms with Gasteiger partial charge in [0.25, 0.3) is 6.71 Å². The van der Waals surface area contributed by atoms with E-state index in [-0.39, 0.29) is 18.3 Å². The van der Waals surface area contributed by atoms with Crippen LogP contribution in [0.2, 0.25) is 12.6 Å². The van der Waals surface area contributed by atoms with Crippen LogP contribution in [0.5, 0.6) is 0 Å². The Hall–Kier alpha value is -2.09. The van der Waals surface area contributed by atoms with Crippen LogP contribution < -0.4 is 0 Å². The molecule has 0 aliphatic heterocycles. The fourth-order valence-electron chi connectivity index (χ4n) is 1.88. The molecule has 0 bridgehead atoms. The lowest BCUT2D eigenvalue weighted by Gasteiger charge is -2.08. The summed E-state index contributed by atoms with van der Waals surface area (Å²) in [7, 11) is 0. The first kappa shape index (κ1) is 12.4. The van der Waals surface area contributed by atoms with E-state index in [4.69, 9.17) is 5.26 Å². The quantitative estimate of drug-likeness (QED) is 0.664. The molecule has 1 N–H and O–H groups in total. The van der Waals surface area contributed by atoms with Crippen molar-refractivity contribution in [3.05, 3.63) is 35.8 Å². The zero-order valence-corrected chi connectivity index (χ0v) is 10.2. The molecule has 0 aliphatic rings. The second kappa shape index (κ2) is 4.65. The standard InChI is InChI=1S/C13H12BFN2O/c1-8(14(2)7-16)13(18)11-6-17-12-4-3-9(15)5-10(11)12/h3-6,8,17H,1-2H3. The number of H-pyrrole nitrogens is 1. The Morgan fingerprint density at radius 1 is 1.56 bits per heavy atom. The predicted molar refractivity (Wildman–Crippen MR) is 69.2 cm³/mol. The summed E-state index contributed by atoms with van der Waals surface area (Å²) in [6, 6.07) is 4.27. The normalized spacial score (nSPS) is 12.1. The number of nitrogens with one attached hydrogen (secondary N) is 1. The Balaban J connectivity index is 2.46. The van der Waals surface area contributed by atoms with E-state index in [1.165, 1.54) is 12.1 Å². The molecule has 1 aromatic carbocycles. The Kier molecular flexibility index (Phi) is 3.20. The molecule has 0 saturated heterocycles. The number of benzene rings is 1. The number of ketones is 1. The van der Waals surface area contributed by atoms with E-state index in [1.54, 1.807) is 26.0 Å². The highest BCUT2D eigenvalue weighted by Crippen LogP contribution is 2.25. The lowest BCUT2D eigenvalue weighted by atomic mass is 9.43. The Morgan fingerprint density at radius 3 is 2.94 bits per heavy atom. The predicted octanol–water partition coefficient (Wildman–Crippen LogP) is 3.07. The van der Waals surface area contributed by atoms with Crippen LogP contribution in [0.4, 0.5) is 4.39 Å². The third-order valence-corrected chi connectivity index (χ3v) is 3.28. The van der Waals surface area contributed by atoms with Crippen molar-refractivity contribution >= 4 is 23.4 Å². The summed E-state index contributed by atoms with van der Waals surface area (Å²) < 4.78 is 13.2. The minimum atomic E-state index is -0.405. The van der Waals surface area contributed by atoms with E-state index in [0.717, 1.165) is 5.52 Å². The van der Waals surface area contributed by atoms with Gasteiger partial charge in [-0.15, -0.1) is 0 Å². The lowest BCUT2D eigenvalue weighted by Crippen LogP contribution is -2.20. The number of fused-ring (bicyclic) bond motifs is 1. The van der Waals surface area contributed by atoms with Gasteiger partial charge in [-0.2, -0.15) is 0 Å². The van der Waals surface area contributed by atoms with Gasteiger partial charge in [-0.05, 0) is 18.2 Å². The number of carbonyl (C=O) groups is 1. The molecule has 0 radical (unpaired) electrons. The van der Waals surface area contributed by atoms with Gasteiger partial charge < -0.3 is 4.98 Å². The minimum Gasteiger partial charge on any atom is -0.360 e. The maximum Gasteiger partial charge on any atom is 0.275 e. The molecule has 18 heavy (non-hydrogen) atoms. The molecule has 2 rings (SSSR count). The highest BCUT2D eigenvalue weighted by Gasteiger charge is 2.26. The van der Waals surface area contributed by atoms with Gasteiger partial charge in [-0.3, -0.25) is 4.79 Å². The summed E-state index contributed by atoms with van der Waals surface area (Å²) in [5.41, 5.74) is 1.16. The van der Waals surface area contributed by atoms with Gasteiger partial charge >= 0.3 is 0 Å². The van der Waals surface area contributed by atoms with E-state index in [9.17, 15) is 9.18 Å². The topological polar surface area (TPSA) is 56.6 Å². The van der Waals surface area contributed by atoms with Crippen molar-refractivity contribution in [3.8, 4) is 5.97 Å². The summed E-state index contributed by atoms with van der Waals surface area (Å²) in [5, 5.41) is 9.41. The molecule has 1 atom stereocenters. The van der Waals surface area contributed by atoms with E-state index < -0.39 is 5.82 Å². The molecule has 90 valence electrons.